The molecule has 86 valence electrons. The lowest BCUT2D eigenvalue weighted by atomic mass is 9.59. The van der Waals surface area contributed by atoms with Gasteiger partial charge >= 0.3 is 0 Å². The van der Waals surface area contributed by atoms with Crippen LogP contribution in [0.2, 0.25) is 0 Å². The zero-order valence-corrected chi connectivity index (χ0v) is 9.24. The van der Waals surface area contributed by atoms with Crippen molar-refractivity contribution in [3.8, 4) is 0 Å². The summed E-state index contributed by atoms with van der Waals surface area (Å²) in [4.78, 5) is 10.9. The molecule has 0 bridgehead atoms. The monoisotopic (exact) mass is 213 g/mol. The Bertz CT molecular complexity index is 279. The molecule has 0 radical (unpaired) electrons. The summed E-state index contributed by atoms with van der Waals surface area (Å²) in [5.74, 6) is 0.149. The third kappa shape index (κ3) is 1.38. The highest BCUT2D eigenvalue weighted by Crippen LogP contribution is 2.50. The van der Waals surface area contributed by atoms with Crippen molar-refractivity contribution >= 4 is 0 Å². The van der Waals surface area contributed by atoms with Crippen LogP contribution in [0.3, 0.4) is 0 Å². The molecule has 15 heavy (non-hydrogen) atoms. The van der Waals surface area contributed by atoms with Crippen molar-refractivity contribution in [2.45, 2.75) is 63.0 Å². The summed E-state index contributed by atoms with van der Waals surface area (Å²) in [6, 6.07) is 0. The molecule has 0 heterocycles. The van der Waals surface area contributed by atoms with Gasteiger partial charge in [0.2, 0.25) is 5.54 Å². The van der Waals surface area contributed by atoms with Gasteiger partial charge in [-0.15, -0.1) is 0 Å². The Hall–Kier alpha value is -0.640. The highest BCUT2D eigenvalue weighted by atomic mass is 16.6. The fourth-order valence-electron chi connectivity index (χ4n) is 3.48. The molecule has 0 spiro atoms. The fraction of sp³-hybridized carbons (Fsp3) is 1.00. The van der Waals surface area contributed by atoms with E-state index in [4.69, 9.17) is 0 Å². The Labute approximate surface area is 89.8 Å². The first-order valence-corrected chi connectivity index (χ1v) is 5.87. The quantitative estimate of drug-likeness (QED) is 0.536. The molecule has 1 N–H and O–H groups in total. The van der Waals surface area contributed by atoms with Gasteiger partial charge in [-0.05, 0) is 31.6 Å². The molecule has 0 aromatic carbocycles. The van der Waals surface area contributed by atoms with Gasteiger partial charge in [0, 0.05) is 18.3 Å². The van der Waals surface area contributed by atoms with Gasteiger partial charge in [0.15, 0.2) is 0 Å². The van der Waals surface area contributed by atoms with E-state index in [1.165, 1.54) is 0 Å². The van der Waals surface area contributed by atoms with Gasteiger partial charge < -0.3 is 5.11 Å². The molecule has 0 aromatic rings. The molecule has 4 heteroatoms. The molecule has 3 atom stereocenters. The standard InChI is InChI=1S/C11H19NO3/c1-10(12(14)15)7-4-6-9-5-2-3-8-11(9,10)13/h9,13H,2-8H2,1H3. The highest BCUT2D eigenvalue weighted by molar-refractivity contribution is 5.06. The molecule has 2 saturated carbocycles. The Kier molecular flexibility index (Phi) is 2.49. The van der Waals surface area contributed by atoms with Crippen molar-refractivity contribution in [1.29, 1.82) is 0 Å². The third-order valence-electron chi connectivity index (χ3n) is 4.59. The second-order valence-electron chi connectivity index (χ2n) is 5.29. The van der Waals surface area contributed by atoms with Crippen molar-refractivity contribution in [2.24, 2.45) is 5.92 Å². The predicted molar refractivity (Wildman–Crippen MR) is 56.2 cm³/mol. The smallest absolute Gasteiger partial charge is 0.247 e. The zero-order chi connectivity index (χ0) is 11.1. The Morgan fingerprint density at radius 3 is 2.60 bits per heavy atom. The first kappa shape index (κ1) is 10.9. The van der Waals surface area contributed by atoms with E-state index in [1.54, 1.807) is 6.92 Å². The van der Waals surface area contributed by atoms with Crippen LogP contribution in [0.4, 0.5) is 0 Å². The van der Waals surface area contributed by atoms with Crippen LogP contribution in [0.25, 0.3) is 0 Å². The number of nitrogens with zero attached hydrogens (tertiary/aromatic N) is 1. The summed E-state index contributed by atoms with van der Waals surface area (Å²) >= 11 is 0. The minimum Gasteiger partial charge on any atom is -0.382 e. The molecule has 2 rings (SSSR count). The van der Waals surface area contributed by atoms with E-state index in [0.717, 1.165) is 32.1 Å². The van der Waals surface area contributed by atoms with E-state index in [9.17, 15) is 15.2 Å². The lowest BCUT2D eigenvalue weighted by molar-refractivity contribution is -0.599. The SMILES string of the molecule is CC1([N+](=O)[O-])CCCC2CCCCC21O. The first-order valence-electron chi connectivity index (χ1n) is 5.87. The summed E-state index contributed by atoms with van der Waals surface area (Å²) < 4.78 is 0. The van der Waals surface area contributed by atoms with Gasteiger partial charge in [-0.3, -0.25) is 10.1 Å². The van der Waals surface area contributed by atoms with Crippen molar-refractivity contribution in [1.82, 2.24) is 0 Å². The number of hydrogen-bond donors (Lipinski definition) is 1. The van der Waals surface area contributed by atoms with Gasteiger partial charge in [-0.1, -0.05) is 12.8 Å². The van der Waals surface area contributed by atoms with Crippen molar-refractivity contribution in [3.05, 3.63) is 10.1 Å². The number of aliphatic hydroxyl groups is 1. The van der Waals surface area contributed by atoms with E-state index in [2.05, 4.69) is 0 Å². The highest BCUT2D eigenvalue weighted by Gasteiger charge is 2.62. The van der Waals surface area contributed by atoms with Crippen LogP contribution in [0.1, 0.15) is 51.9 Å². The van der Waals surface area contributed by atoms with Gasteiger partial charge in [0.05, 0.1) is 0 Å². The lowest BCUT2D eigenvalue weighted by Gasteiger charge is -2.49. The van der Waals surface area contributed by atoms with E-state index in [0.29, 0.717) is 12.8 Å². The molecular weight excluding hydrogens is 194 g/mol. The Balaban J connectivity index is 2.34. The number of fused-ring (bicyclic) bond motifs is 1. The normalized spacial score (nSPS) is 45.9. The fourth-order valence-corrected chi connectivity index (χ4v) is 3.48. The van der Waals surface area contributed by atoms with Crippen LogP contribution in [-0.4, -0.2) is 21.2 Å². The van der Waals surface area contributed by atoms with Crippen molar-refractivity contribution in [2.75, 3.05) is 0 Å². The Morgan fingerprint density at radius 1 is 1.27 bits per heavy atom. The van der Waals surface area contributed by atoms with Crippen LogP contribution < -0.4 is 0 Å². The molecule has 0 aliphatic heterocycles. The van der Waals surface area contributed by atoms with Crippen molar-refractivity contribution in [3.63, 3.8) is 0 Å². The van der Waals surface area contributed by atoms with Crippen LogP contribution in [0.15, 0.2) is 0 Å². The second kappa shape index (κ2) is 3.44. The van der Waals surface area contributed by atoms with Gasteiger partial charge in [0.25, 0.3) is 0 Å². The van der Waals surface area contributed by atoms with E-state index >= 15 is 0 Å². The molecule has 0 aromatic heterocycles. The van der Waals surface area contributed by atoms with Crippen LogP contribution in [-0.2, 0) is 0 Å². The van der Waals surface area contributed by atoms with Crippen LogP contribution in [0, 0.1) is 16.0 Å². The molecule has 4 nitrogen and oxygen atoms in total. The lowest BCUT2D eigenvalue weighted by Crippen LogP contribution is -2.64. The minimum absolute atomic E-state index is 0.149. The number of hydrogen-bond acceptors (Lipinski definition) is 3. The molecular formula is C11H19NO3. The summed E-state index contributed by atoms with van der Waals surface area (Å²) in [6.07, 6.45) is 5.96. The maximum atomic E-state index is 11.2. The number of rotatable bonds is 1. The summed E-state index contributed by atoms with van der Waals surface area (Å²) in [5, 5.41) is 21.8. The summed E-state index contributed by atoms with van der Waals surface area (Å²) in [5.41, 5.74) is -2.16. The van der Waals surface area contributed by atoms with Crippen LogP contribution in [0.5, 0.6) is 0 Å². The van der Waals surface area contributed by atoms with E-state index in [-0.39, 0.29) is 10.8 Å². The molecule has 0 saturated heterocycles. The molecule has 2 aliphatic carbocycles. The molecule has 2 aliphatic rings. The summed E-state index contributed by atoms with van der Waals surface area (Å²) in [6.45, 7) is 1.63. The topological polar surface area (TPSA) is 63.4 Å². The van der Waals surface area contributed by atoms with Gasteiger partial charge in [-0.2, -0.15) is 0 Å². The predicted octanol–water partition coefficient (Wildman–Crippen LogP) is 2.13. The first-order chi connectivity index (χ1) is 7.01. The molecule has 2 fully saturated rings. The maximum absolute atomic E-state index is 11.2. The van der Waals surface area contributed by atoms with Crippen LogP contribution >= 0.6 is 0 Å². The van der Waals surface area contributed by atoms with E-state index < -0.39 is 11.1 Å². The average Bonchev–Trinajstić information content (AvgIpc) is 2.19. The number of nitro groups is 1. The maximum Gasteiger partial charge on any atom is 0.247 e. The zero-order valence-electron chi connectivity index (χ0n) is 9.24. The Morgan fingerprint density at radius 2 is 1.93 bits per heavy atom. The van der Waals surface area contributed by atoms with Gasteiger partial charge in [-0.25, -0.2) is 0 Å². The average molecular weight is 213 g/mol. The molecule has 3 unspecified atom stereocenters. The minimum atomic E-state index is -1.11. The third-order valence-corrected chi connectivity index (χ3v) is 4.59. The second-order valence-corrected chi connectivity index (χ2v) is 5.29. The van der Waals surface area contributed by atoms with Crippen molar-refractivity contribution < 1.29 is 10.0 Å². The van der Waals surface area contributed by atoms with E-state index in [1.807, 2.05) is 0 Å². The molecule has 0 amide bonds. The largest absolute Gasteiger partial charge is 0.382 e. The van der Waals surface area contributed by atoms with Gasteiger partial charge in [0.1, 0.15) is 5.60 Å². The summed E-state index contributed by atoms with van der Waals surface area (Å²) in [7, 11) is 0.